The lowest BCUT2D eigenvalue weighted by Crippen LogP contribution is -2.55. The molecule has 4 heterocycles. The molecule has 2 saturated heterocycles. The third kappa shape index (κ3) is 5.29. The number of likely N-dealkylation sites (tertiary alicyclic amines) is 1. The van der Waals surface area contributed by atoms with Gasteiger partial charge in [0.05, 0.1) is 6.33 Å². The number of hydrogen-bond donors (Lipinski definition) is 4. The molecule has 2 aliphatic rings. The Morgan fingerprint density at radius 3 is 2.76 bits per heavy atom. The van der Waals surface area contributed by atoms with Crippen LogP contribution in [0.25, 0.3) is 11.0 Å². The van der Waals surface area contributed by atoms with E-state index in [2.05, 4.69) is 25.9 Å². The molecule has 5 rings (SSSR count). The minimum absolute atomic E-state index is 0.152. The Kier molecular flexibility index (Phi) is 6.95. The summed E-state index contributed by atoms with van der Waals surface area (Å²) in [6, 6.07) is 4.07. The summed E-state index contributed by atoms with van der Waals surface area (Å²) >= 11 is 0. The fourth-order valence-corrected chi connectivity index (χ4v) is 5.03. The molecule has 0 radical (unpaired) electrons. The molecule has 4 amide bonds. The van der Waals surface area contributed by atoms with Crippen LogP contribution in [0.1, 0.15) is 36.9 Å². The summed E-state index contributed by atoms with van der Waals surface area (Å²) in [4.78, 5) is 71.5. The van der Waals surface area contributed by atoms with Crippen molar-refractivity contribution in [3.8, 4) is 0 Å². The lowest BCUT2D eigenvalue weighted by Gasteiger charge is -2.29. The Morgan fingerprint density at radius 1 is 1.18 bits per heavy atom. The summed E-state index contributed by atoms with van der Waals surface area (Å²) in [5.41, 5.74) is 1.73. The molecule has 12 heteroatoms. The van der Waals surface area contributed by atoms with Gasteiger partial charge in [-0.15, -0.1) is 0 Å². The van der Waals surface area contributed by atoms with Crippen molar-refractivity contribution in [1.29, 1.82) is 0 Å². The van der Waals surface area contributed by atoms with Crippen LogP contribution in [0.2, 0.25) is 0 Å². The van der Waals surface area contributed by atoms with Gasteiger partial charge in [0.25, 0.3) is 0 Å². The number of nitrogens with one attached hydrogen (secondary N) is 4. The molecule has 1 aromatic carbocycles. The van der Waals surface area contributed by atoms with Crippen LogP contribution in [0.4, 0.5) is 5.69 Å². The van der Waals surface area contributed by atoms with Crippen molar-refractivity contribution in [2.75, 3.05) is 11.9 Å². The maximum absolute atomic E-state index is 13.7. The highest BCUT2D eigenvalue weighted by Crippen LogP contribution is 2.24. The summed E-state index contributed by atoms with van der Waals surface area (Å²) in [5.74, 6) is -1.42. The van der Waals surface area contributed by atoms with Crippen LogP contribution in [-0.2, 0) is 25.6 Å². The number of hydrogen-bond acceptors (Lipinski definition) is 7. The van der Waals surface area contributed by atoms with Gasteiger partial charge < -0.3 is 30.3 Å². The second-order valence-corrected chi connectivity index (χ2v) is 9.64. The van der Waals surface area contributed by atoms with E-state index in [-0.39, 0.29) is 24.7 Å². The predicted octanol–water partition coefficient (Wildman–Crippen LogP) is 0.760. The summed E-state index contributed by atoms with van der Waals surface area (Å²) in [5, 5.41) is 8.97. The molecule has 3 atom stereocenters. The number of fused-ring (bicyclic) bond motifs is 1. The van der Waals surface area contributed by atoms with Gasteiger partial charge in [0, 0.05) is 54.5 Å². The predicted molar refractivity (Wildman–Crippen MR) is 136 cm³/mol. The SMILES string of the molecule is Cc1cc(=O)oc2cc(NC(=O)C3CCCN3C(=O)C(Cc3cnc[nH]3)NC(=O)C3CCC(=O)N3)ccc12. The average Bonchev–Trinajstić information content (AvgIpc) is 3.65. The highest BCUT2D eigenvalue weighted by molar-refractivity contribution is 6.00. The Balaban J connectivity index is 1.32. The number of aryl methyl sites for hydroxylation is 1. The fourth-order valence-electron chi connectivity index (χ4n) is 5.03. The van der Waals surface area contributed by atoms with E-state index in [4.69, 9.17) is 4.42 Å². The maximum atomic E-state index is 13.7. The van der Waals surface area contributed by atoms with Gasteiger partial charge in [-0.3, -0.25) is 19.2 Å². The van der Waals surface area contributed by atoms with E-state index in [1.165, 1.54) is 17.3 Å². The Labute approximate surface area is 217 Å². The summed E-state index contributed by atoms with van der Waals surface area (Å²) in [6.45, 7) is 2.16. The minimum Gasteiger partial charge on any atom is -0.423 e. The first-order valence-corrected chi connectivity index (χ1v) is 12.5. The molecule has 2 aliphatic heterocycles. The fraction of sp³-hybridized carbons (Fsp3) is 0.385. The van der Waals surface area contributed by atoms with E-state index in [0.29, 0.717) is 42.8 Å². The van der Waals surface area contributed by atoms with Gasteiger partial charge in [-0.05, 0) is 43.9 Å². The average molecular weight is 521 g/mol. The molecule has 4 N–H and O–H groups in total. The first-order chi connectivity index (χ1) is 18.3. The standard InChI is InChI=1S/C26H28N6O6/c1-14-9-23(34)38-21-11-15(4-5-17(14)21)29-25(36)20-3-2-8-32(20)26(37)19(10-16-12-27-13-28-16)31-24(35)18-6-7-22(33)30-18/h4-5,9,11-13,18-20H,2-3,6-8,10H2,1H3,(H,27,28)(H,29,36)(H,30,33)(H,31,35). The van der Waals surface area contributed by atoms with Crippen molar-refractivity contribution >= 4 is 40.3 Å². The largest absolute Gasteiger partial charge is 0.423 e. The molecule has 2 aromatic heterocycles. The number of aromatic nitrogens is 2. The van der Waals surface area contributed by atoms with Crippen molar-refractivity contribution in [2.45, 2.75) is 57.2 Å². The zero-order chi connectivity index (χ0) is 26.8. The molecule has 3 unspecified atom stereocenters. The van der Waals surface area contributed by atoms with Crippen molar-refractivity contribution < 1.29 is 23.6 Å². The Morgan fingerprint density at radius 2 is 2.03 bits per heavy atom. The molecule has 3 aromatic rings. The summed E-state index contributed by atoms with van der Waals surface area (Å²) in [6.07, 6.45) is 4.90. The van der Waals surface area contributed by atoms with Crippen LogP contribution in [-0.4, -0.2) is 63.2 Å². The molecule has 0 bridgehead atoms. The second kappa shape index (κ2) is 10.5. The molecule has 2 fully saturated rings. The highest BCUT2D eigenvalue weighted by atomic mass is 16.4. The molecule has 38 heavy (non-hydrogen) atoms. The smallest absolute Gasteiger partial charge is 0.336 e. The van der Waals surface area contributed by atoms with Crippen LogP contribution in [0.5, 0.6) is 0 Å². The Hall–Kier alpha value is -4.48. The van der Waals surface area contributed by atoms with Gasteiger partial charge in [0.2, 0.25) is 23.6 Å². The molecular formula is C26H28N6O6. The maximum Gasteiger partial charge on any atom is 0.336 e. The van der Waals surface area contributed by atoms with Gasteiger partial charge in [-0.2, -0.15) is 0 Å². The Bertz CT molecular complexity index is 1450. The van der Waals surface area contributed by atoms with E-state index in [9.17, 15) is 24.0 Å². The van der Waals surface area contributed by atoms with Gasteiger partial charge in [0.1, 0.15) is 23.7 Å². The van der Waals surface area contributed by atoms with Crippen molar-refractivity contribution in [1.82, 2.24) is 25.5 Å². The van der Waals surface area contributed by atoms with Crippen molar-refractivity contribution in [3.63, 3.8) is 0 Å². The van der Waals surface area contributed by atoms with Gasteiger partial charge in [0.15, 0.2) is 0 Å². The number of anilines is 1. The van der Waals surface area contributed by atoms with E-state index in [1.54, 1.807) is 31.3 Å². The number of aromatic amines is 1. The van der Waals surface area contributed by atoms with Crippen molar-refractivity contribution in [3.05, 3.63) is 58.5 Å². The second-order valence-electron chi connectivity index (χ2n) is 9.64. The highest BCUT2D eigenvalue weighted by Gasteiger charge is 2.39. The van der Waals surface area contributed by atoms with Gasteiger partial charge in [-0.25, -0.2) is 9.78 Å². The number of H-pyrrole nitrogens is 1. The third-order valence-corrected chi connectivity index (χ3v) is 6.96. The van der Waals surface area contributed by atoms with E-state index in [1.807, 2.05) is 0 Å². The normalized spacial score (nSPS) is 19.8. The summed E-state index contributed by atoms with van der Waals surface area (Å²) in [7, 11) is 0. The topological polar surface area (TPSA) is 166 Å². The zero-order valence-corrected chi connectivity index (χ0v) is 20.8. The van der Waals surface area contributed by atoms with Crippen LogP contribution >= 0.6 is 0 Å². The minimum atomic E-state index is -0.952. The quantitative estimate of drug-likeness (QED) is 0.334. The molecular weight excluding hydrogens is 492 g/mol. The lowest BCUT2D eigenvalue weighted by molar-refractivity contribution is -0.140. The van der Waals surface area contributed by atoms with Crippen LogP contribution in [0.15, 0.2) is 46.0 Å². The number of rotatable bonds is 7. The first kappa shape index (κ1) is 25.2. The zero-order valence-electron chi connectivity index (χ0n) is 20.8. The number of imidazole rings is 1. The number of carbonyl (C=O) groups is 4. The summed E-state index contributed by atoms with van der Waals surface area (Å²) < 4.78 is 5.27. The molecule has 0 spiro atoms. The number of amides is 4. The van der Waals surface area contributed by atoms with E-state index >= 15 is 0 Å². The van der Waals surface area contributed by atoms with Crippen LogP contribution in [0, 0.1) is 6.92 Å². The van der Waals surface area contributed by atoms with Crippen LogP contribution in [0.3, 0.4) is 0 Å². The van der Waals surface area contributed by atoms with E-state index in [0.717, 1.165) is 10.9 Å². The van der Waals surface area contributed by atoms with Gasteiger partial charge >= 0.3 is 5.63 Å². The number of benzene rings is 1. The van der Waals surface area contributed by atoms with Crippen LogP contribution < -0.4 is 21.6 Å². The molecule has 198 valence electrons. The van der Waals surface area contributed by atoms with Gasteiger partial charge in [-0.1, -0.05) is 0 Å². The third-order valence-electron chi connectivity index (χ3n) is 6.96. The lowest BCUT2D eigenvalue weighted by atomic mass is 10.1. The molecule has 0 saturated carbocycles. The van der Waals surface area contributed by atoms with E-state index < -0.39 is 35.6 Å². The first-order valence-electron chi connectivity index (χ1n) is 12.5. The number of carbonyl (C=O) groups excluding carboxylic acids is 4. The monoisotopic (exact) mass is 520 g/mol. The molecule has 12 nitrogen and oxygen atoms in total. The molecule has 0 aliphatic carbocycles. The van der Waals surface area contributed by atoms with Crippen molar-refractivity contribution in [2.24, 2.45) is 0 Å². The number of nitrogens with zero attached hydrogens (tertiary/aromatic N) is 2.